The first-order valence-corrected chi connectivity index (χ1v) is 10.9. The largest absolute Gasteiger partial charge is 0.449 e. The molecule has 1 amide bonds. The molecule has 1 N–H and O–H groups in total. The van der Waals surface area contributed by atoms with E-state index in [0.29, 0.717) is 11.3 Å². The lowest BCUT2D eigenvalue weighted by Crippen LogP contribution is -2.32. The van der Waals surface area contributed by atoms with E-state index in [1.165, 1.54) is 31.2 Å². The molecule has 2 aromatic rings. The highest BCUT2D eigenvalue weighted by molar-refractivity contribution is 7.89. The van der Waals surface area contributed by atoms with Crippen molar-refractivity contribution in [1.82, 2.24) is 4.31 Å². The zero-order valence-electron chi connectivity index (χ0n) is 17.3. The summed E-state index contributed by atoms with van der Waals surface area (Å²) in [5.41, 5.74) is 0.621. The van der Waals surface area contributed by atoms with Crippen molar-refractivity contribution < 1.29 is 27.1 Å². The predicted octanol–water partition coefficient (Wildman–Crippen LogP) is 2.91. The van der Waals surface area contributed by atoms with Crippen LogP contribution in [0.5, 0.6) is 0 Å². The summed E-state index contributed by atoms with van der Waals surface area (Å²) in [7, 11) is -4.13. The van der Waals surface area contributed by atoms with Crippen molar-refractivity contribution in [1.29, 1.82) is 5.26 Å². The lowest BCUT2D eigenvalue weighted by molar-refractivity contribution is -0.123. The topological polar surface area (TPSA) is 117 Å². The number of carbonyl (C=O) groups is 2. The number of nitriles is 1. The number of rotatable bonds is 8. The lowest BCUT2D eigenvalue weighted by Gasteiger charge is -2.19. The molecule has 0 aromatic heterocycles. The molecule has 0 bridgehead atoms. The second-order valence-corrected chi connectivity index (χ2v) is 8.37. The third-order valence-corrected chi connectivity index (χ3v) is 6.49. The molecule has 0 radical (unpaired) electrons. The Hall–Kier alpha value is -3.29. The highest BCUT2D eigenvalue weighted by atomic mass is 32.2. The molecule has 0 fully saturated rings. The van der Waals surface area contributed by atoms with Crippen LogP contribution in [0.2, 0.25) is 0 Å². The van der Waals surface area contributed by atoms with E-state index in [2.05, 4.69) is 5.32 Å². The van der Waals surface area contributed by atoms with Crippen molar-refractivity contribution in [2.24, 2.45) is 0 Å². The Morgan fingerprint density at radius 2 is 1.77 bits per heavy atom. The van der Waals surface area contributed by atoms with Crippen LogP contribution in [0.1, 0.15) is 36.7 Å². The van der Waals surface area contributed by atoms with Crippen LogP contribution in [-0.4, -0.2) is 43.8 Å². The van der Waals surface area contributed by atoms with Crippen molar-refractivity contribution >= 4 is 27.6 Å². The van der Waals surface area contributed by atoms with Crippen molar-refractivity contribution in [3.63, 3.8) is 0 Å². The van der Waals surface area contributed by atoms with Crippen LogP contribution < -0.4 is 5.32 Å². The molecule has 0 aliphatic rings. The minimum atomic E-state index is -4.13. The number of sulfonamides is 1. The van der Waals surface area contributed by atoms with Gasteiger partial charge in [0.1, 0.15) is 10.7 Å². The van der Waals surface area contributed by atoms with Gasteiger partial charge < -0.3 is 10.1 Å². The first-order valence-electron chi connectivity index (χ1n) is 9.45. The van der Waals surface area contributed by atoms with Crippen LogP contribution in [0.25, 0.3) is 0 Å². The van der Waals surface area contributed by atoms with E-state index in [9.17, 15) is 22.4 Å². The molecule has 10 heteroatoms. The van der Waals surface area contributed by atoms with Gasteiger partial charge in [-0.05, 0) is 49.4 Å². The fourth-order valence-corrected chi connectivity index (χ4v) is 4.23. The van der Waals surface area contributed by atoms with Crippen molar-refractivity contribution in [3.8, 4) is 6.07 Å². The van der Waals surface area contributed by atoms with Crippen LogP contribution in [-0.2, 0) is 19.6 Å². The zero-order valence-corrected chi connectivity index (χ0v) is 18.1. The molecule has 1 atom stereocenters. The zero-order chi connectivity index (χ0) is 23.2. The van der Waals surface area contributed by atoms with Gasteiger partial charge in [0.15, 0.2) is 6.10 Å². The second kappa shape index (κ2) is 10.1. The summed E-state index contributed by atoms with van der Waals surface area (Å²) in [5.74, 6) is -2.59. The van der Waals surface area contributed by atoms with E-state index in [1.807, 2.05) is 6.07 Å². The Kier molecular flexibility index (Phi) is 7.85. The molecule has 2 aromatic carbocycles. The minimum absolute atomic E-state index is 0.138. The number of benzene rings is 2. The lowest BCUT2D eigenvalue weighted by atomic mass is 10.2. The average molecular weight is 447 g/mol. The van der Waals surface area contributed by atoms with Crippen LogP contribution in [0, 0.1) is 17.1 Å². The summed E-state index contributed by atoms with van der Waals surface area (Å²) >= 11 is 0. The third-order valence-electron chi connectivity index (χ3n) is 4.42. The molecule has 0 saturated carbocycles. The normalized spacial score (nSPS) is 12.1. The molecule has 2 rings (SSSR count). The summed E-state index contributed by atoms with van der Waals surface area (Å²) < 4.78 is 45.6. The van der Waals surface area contributed by atoms with E-state index in [0.717, 1.165) is 22.5 Å². The number of nitrogens with one attached hydrogen (secondary N) is 1. The van der Waals surface area contributed by atoms with Gasteiger partial charge in [-0.3, -0.25) is 4.79 Å². The van der Waals surface area contributed by atoms with Gasteiger partial charge in [-0.25, -0.2) is 17.6 Å². The van der Waals surface area contributed by atoms with E-state index in [4.69, 9.17) is 10.00 Å². The molecule has 0 unspecified atom stereocenters. The van der Waals surface area contributed by atoms with E-state index < -0.39 is 38.7 Å². The monoisotopic (exact) mass is 447 g/mol. The van der Waals surface area contributed by atoms with Crippen LogP contribution in [0.4, 0.5) is 10.1 Å². The quantitative estimate of drug-likeness (QED) is 0.622. The highest BCUT2D eigenvalue weighted by Crippen LogP contribution is 2.21. The summed E-state index contributed by atoms with van der Waals surface area (Å²) in [6.45, 7) is 4.85. The van der Waals surface area contributed by atoms with Crippen LogP contribution in [0.3, 0.4) is 0 Å². The number of hydrogen-bond acceptors (Lipinski definition) is 6. The number of ether oxygens (including phenoxy) is 1. The maximum Gasteiger partial charge on any atom is 0.338 e. The molecule has 0 saturated heterocycles. The van der Waals surface area contributed by atoms with Gasteiger partial charge in [0.05, 0.1) is 17.2 Å². The standard InChI is InChI=1S/C21H22FN3O5S/c1-4-25(5-2)31(28,29)19-12-16(8-11-18(19)22)21(27)30-14(3)20(26)24-17-9-6-15(13-23)7-10-17/h6-12,14H,4-5H2,1-3H3,(H,24,26)/t14-/m1/s1. The van der Waals surface area contributed by atoms with Gasteiger partial charge in [0, 0.05) is 18.8 Å². The number of carbonyl (C=O) groups excluding carboxylic acids is 2. The van der Waals surface area contributed by atoms with E-state index >= 15 is 0 Å². The SMILES string of the molecule is CCN(CC)S(=O)(=O)c1cc(C(=O)O[C@H](C)C(=O)Nc2ccc(C#N)cc2)ccc1F. The van der Waals surface area contributed by atoms with Crippen molar-refractivity contribution in [2.45, 2.75) is 31.8 Å². The Bertz CT molecular complexity index is 1110. The van der Waals surface area contributed by atoms with Gasteiger partial charge in [0.2, 0.25) is 10.0 Å². The maximum atomic E-state index is 14.2. The molecule has 0 heterocycles. The number of esters is 1. The second-order valence-electron chi connectivity index (χ2n) is 6.46. The number of anilines is 1. The Morgan fingerprint density at radius 1 is 1.16 bits per heavy atom. The summed E-state index contributed by atoms with van der Waals surface area (Å²) in [4.78, 5) is 24.1. The Labute approximate surface area is 180 Å². The molecular weight excluding hydrogens is 425 g/mol. The molecule has 8 nitrogen and oxygen atoms in total. The summed E-state index contributed by atoms with van der Waals surface area (Å²) in [5, 5.41) is 11.3. The predicted molar refractivity (Wildman–Crippen MR) is 111 cm³/mol. The first kappa shape index (κ1) is 24.0. The Morgan fingerprint density at radius 3 is 2.32 bits per heavy atom. The van der Waals surface area contributed by atoms with Gasteiger partial charge >= 0.3 is 5.97 Å². The molecule has 31 heavy (non-hydrogen) atoms. The summed E-state index contributed by atoms with van der Waals surface area (Å²) in [6, 6.07) is 10.9. The maximum absolute atomic E-state index is 14.2. The van der Waals surface area contributed by atoms with Gasteiger partial charge in [0.25, 0.3) is 5.91 Å². The number of hydrogen-bond donors (Lipinski definition) is 1. The first-order chi connectivity index (χ1) is 14.6. The van der Waals surface area contributed by atoms with E-state index in [-0.39, 0.29) is 18.7 Å². The van der Waals surface area contributed by atoms with Crippen molar-refractivity contribution in [2.75, 3.05) is 18.4 Å². The molecule has 0 spiro atoms. The number of nitrogens with zero attached hydrogens (tertiary/aromatic N) is 2. The molecule has 0 aliphatic carbocycles. The average Bonchev–Trinajstić information content (AvgIpc) is 2.74. The van der Waals surface area contributed by atoms with E-state index in [1.54, 1.807) is 13.8 Å². The summed E-state index contributed by atoms with van der Waals surface area (Å²) in [6.07, 6.45) is -1.21. The fourth-order valence-electron chi connectivity index (χ4n) is 2.68. The van der Waals surface area contributed by atoms with Gasteiger partial charge in [-0.1, -0.05) is 13.8 Å². The minimum Gasteiger partial charge on any atom is -0.449 e. The van der Waals surface area contributed by atoms with Gasteiger partial charge in [-0.15, -0.1) is 0 Å². The third kappa shape index (κ3) is 5.65. The highest BCUT2D eigenvalue weighted by Gasteiger charge is 2.27. The molecule has 164 valence electrons. The number of amides is 1. The molecular formula is C21H22FN3O5S. The van der Waals surface area contributed by atoms with Crippen LogP contribution in [0.15, 0.2) is 47.4 Å². The van der Waals surface area contributed by atoms with Gasteiger partial charge in [-0.2, -0.15) is 9.57 Å². The molecule has 0 aliphatic heterocycles. The van der Waals surface area contributed by atoms with Crippen LogP contribution >= 0.6 is 0 Å². The smallest absolute Gasteiger partial charge is 0.338 e. The Balaban J connectivity index is 2.15. The van der Waals surface area contributed by atoms with Crippen molar-refractivity contribution in [3.05, 3.63) is 59.4 Å². The fraction of sp³-hybridized carbons (Fsp3) is 0.286. The number of halogens is 1.